The molecule has 1 aliphatic rings. The van der Waals surface area contributed by atoms with Gasteiger partial charge in [-0.05, 0) is 36.5 Å². The summed E-state index contributed by atoms with van der Waals surface area (Å²) in [6.45, 7) is 2.67. The van der Waals surface area contributed by atoms with Crippen molar-refractivity contribution in [3.8, 4) is 11.6 Å². The average Bonchev–Trinajstić information content (AvgIpc) is 3.52. The highest BCUT2D eigenvalue weighted by molar-refractivity contribution is 14.0. The highest BCUT2D eigenvalue weighted by atomic mass is 127. The molecule has 1 heterocycles. The lowest BCUT2D eigenvalue weighted by molar-refractivity contribution is 0.288. The standard InChI is InChI=1S/C20H26N4O2.HI/c1-21-20(22-11-12-25-18-5-3-2-4-6-18)24-14-17-9-10-19(23-13-17)26-15-16-7-8-16;/h2-6,9-10,13,16H,7-8,11-12,14-15H2,1H3,(H2,21,22,24);1H. The van der Waals surface area contributed by atoms with Crippen LogP contribution in [0.2, 0.25) is 0 Å². The third-order valence-corrected chi connectivity index (χ3v) is 4.05. The van der Waals surface area contributed by atoms with Crippen molar-refractivity contribution in [2.24, 2.45) is 10.9 Å². The van der Waals surface area contributed by atoms with Crippen LogP contribution in [0.25, 0.3) is 0 Å². The number of hydrogen-bond acceptors (Lipinski definition) is 4. The Morgan fingerprint density at radius 2 is 1.93 bits per heavy atom. The molecule has 2 aromatic rings. The van der Waals surface area contributed by atoms with Gasteiger partial charge in [0.2, 0.25) is 5.88 Å². The Labute approximate surface area is 177 Å². The maximum absolute atomic E-state index is 5.65. The third kappa shape index (κ3) is 8.03. The van der Waals surface area contributed by atoms with E-state index in [4.69, 9.17) is 9.47 Å². The minimum atomic E-state index is 0. The van der Waals surface area contributed by atoms with Gasteiger partial charge < -0.3 is 20.1 Å². The van der Waals surface area contributed by atoms with Crippen molar-refractivity contribution in [1.29, 1.82) is 0 Å². The van der Waals surface area contributed by atoms with E-state index in [1.54, 1.807) is 7.05 Å². The Bertz CT molecular complexity index is 691. The van der Waals surface area contributed by atoms with E-state index in [9.17, 15) is 0 Å². The molecular formula is C20H27IN4O2. The van der Waals surface area contributed by atoms with E-state index < -0.39 is 0 Å². The number of hydrogen-bond donors (Lipinski definition) is 2. The van der Waals surface area contributed by atoms with E-state index in [1.807, 2.05) is 48.7 Å². The molecule has 0 aliphatic heterocycles. The van der Waals surface area contributed by atoms with Gasteiger partial charge in [-0.2, -0.15) is 0 Å². The first kappa shape index (κ1) is 21.3. The van der Waals surface area contributed by atoms with Crippen molar-refractivity contribution < 1.29 is 9.47 Å². The summed E-state index contributed by atoms with van der Waals surface area (Å²) in [6, 6.07) is 13.7. The number of guanidine groups is 1. The van der Waals surface area contributed by atoms with Crippen LogP contribution in [0.3, 0.4) is 0 Å². The normalized spacial score (nSPS) is 13.4. The van der Waals surface area contributed by atoms with Crippen LogP contribution in [0.5, 0.6) is 11.6 Å². The molecule has 27 heavy (non-hydrogen) atoms. The molecule has 0 bridgehead atoms. The van der Waals surface area contributed by atoms with Crippen molar-refractivity contribution in [1.82, 2.24) is 15.6 Å². The molecule has 6 nitrogen and oxygen atoms in total. The van der Waals surface area contributed by atoms with Gasteiger partial charge in [-0.15, -0.1) is 24.0 Å². The highest BCUT2D eigenvalue weighted by Crippen LogP contribution is 2.29. The lowest BCUT2D eigenvalue weighted by Gasteiger charge is -2.12. The molecule has 3 rings (SSSR count). The summed E-state index contributed by atoms with van der Waals surface area (Å²) < 4.78 is 11.3. The summed E-state index contributed by atoms with van der Waals surface area (Å²) >= 11 is 0. The van der Waals surface area contributed by atoms with Gasteiger partial charge in [0.15, 0.2) is 5.96 Å². The maximum atomic E-state index is 5.65. The molecule has 0 spiro atoms. The maximum Gasteiger partial charge on any atom is 0.213 e. The second-order valence-electron chi connectivity index (χ2n) is 6.27. The van der Waals surface area contributed by atoms with E-state index in [-0.39, 0.29) is 24.0 Å². The summed E-state index contributed by atoms with van der Waals surface area (Å²) in [5, 5.41) is 6.50. The van der Waals surface area contributed by atoms with Crippen molar-refractivity contribution in [2.75, 3.05) is 26.8 Å². The molecular weight excluding hydrogens is 455 g/mol. The summed E-state index contributed by atoms with van der Waals surface area (Å²) in [5.74, 6) is 3.03. The van der Waals surface area contributed by atoms with Gasteiger partial charge in [0.05, 0.1) is 13.2 Å². The number of pyridine rings is 1. The number of halogens is 1. The van der Waals surface area contributed by atoms with Crippen molar-refractivity contribution in [3.63, 3.8) is 0 Å². The van der Waals surface area contributed by atoms with Crippen LogP contribution >= 0.6 is 24.0 Å². The Kier molecular flexibility index (Phi) is 9.17. The number of nitrogens with one attached hydrogen (secondary N) is 2. The first-order chi connectivity index (χ1) is 12.8. The molecule has 0 unspecified atom stereocenters. The molecule has 0 radical (unpaired) electrons. The zero-order valence-corrected chi connectivity index (χ0v) is 17.9. The molecule has 0 amide bonds. The molecule has 1 aromatic carbocycles. The molecule has 0 saturated heterocycles. The van der Waals surface area contributed by atoms with Crippen molar-refractivity contribution in [3.05, 3.63) is 54.2 Å². The Balaban J connectivity index is 0.00000261. The number of benzene rings is 1. The van der Waals surface area contributed by atoms with E-state index in [0.717, 1.165) is 29.8 Å². The van der Waals surface area contributed by atoms with E-state index >= 15 is 0 Å². The van der Waals surface area contributed by atoms with Crippen LogP contribution in [0, 0.1) is 5.92 Å². The Hall–Kier alpha value is -2.03. The minimum absolute atomic E-state index is 0. The molecule has 1 saturated carbocycles. The number of aliphatic imine (C=N–C) groups is 1. The number of para-hydroxylation sites is 1. The van der Waals surface area contributed by atoms with Crippen LogP contribution in [0.15, 0.2) is 53.7 Å². The summed E-state index contributed by atoms with van der Waals surface area (Å²) in [5.41, 5.74) is 1.08. The second-order valence-corrected chi connectivity index (χ2v) is 6.27. The zero-order chi connectivity index (χ0) is 18.0. The fourth-order valence-electron chi connectivity index (χ4n) is 2.35. The van der Waals surface area contributed by atoms with E-state index in [2.05, 4.69) is 20.6 Å². The fourth-order valence-corrected chi connectivity index (χ4v) is 2.35. The van der Waals surface area contributed by atoms with Gasteiger partial charge in [-0.3, -0.25) is 4.99 Å². The third-order valence-electron chi connectivity index (χ3n) is 4.05. The van der Waals surface area contributed by atoms with E-state index in [0.29, 0.717) is 25.6 Å². The summed E-state index contributed by atoms with van der Waals surface area (Å²) in [6.07, 6.45) is 4.40. The lowest BCUT2D eigenvalue weighted by atomic mass is 10.3. The van der Waals surface area contributed by atoms with Gasteiger partial charge in [0.25, 0.3) is 0 Å². The van der Waals surface area contributed by atoms with Crippen LogP contribution in [0.4, 0.5) is 0 Å². The van der Waals surface area contributed by atoms with Crippen LogP contribution in [0.1, 0.15) is 18.4 Å². The smallest absolute Gasteiger partial charge is 0.213 e. The van der Waals surface area contributed by atoms with Crippen LogP contribution < -0.4 is 20.1 Å². The van der Waals surface area contributed by atoms with Gasteiger partial charge in [0.1, 0.15) is 12.4 Å². The number of rotatable bonds is 9. The molecule has 1 aliphatic carbocycles. The zero-order valence-electron chi connectivity index (χ0n) is 15.6. The van der Waals surface area contributed by atoms with Gasteiger partial charge in [0, 0.05) is 25.9 Å². The summed E-state index contributed by atoms with van der Waals surface area (Å²) in [4.78, 5) is 8.56. The van der Waals surface area contributed by atoms with E-state index in [1.165, 1.54) is 12.8 Å². The predicted octanol–water partition coefficient (Wildman–Crippen LogP) is 3.23. The highest BCUT2D eigenvalue weighted by Gasteiger charge is 2.21. The first-order valence-electron chi connectivity index (χ1n) is 9.03. The first-order valence-corrected chi connectivity index (χ1v) is 9.03. The molecule has 2 N–H and O–H groups in total. The summed E-state index contributed by atoms with van der Waals surface area (Å²) in [7, 11) is 1.75. The number of ether oxygens (including phenoxy) is 2. The fraction of sp³-hybridized carbons (Fsp3) is 0.400. The SMILES string of the molecule is CN=C(NCCOc1ccccc1)NCc1ccc(OCC2CC2)nc1.I. The Morgan fingerprint density at radius 1 is 1.11 bits per heavy atom. The van der Waals surface area contributed by atoms with Crippen LogP contribution in [-0.4, -0.2) is 37.7 Å². The van der Waals surface area contributed by atoms with Gasteiger partial charge in [-0.25, -0.2) is 4.98 Å². The molecule has 1 aromatic heterocycles. The lowest BCUT2D eigenvalue weighted by Crippen LogP contribution is -2.38. The van der Waals surface area contributed by atoms with Gasteiger partial charge >= 0.3 is 0 Å². The molecule has 1 fully saturated rings. The molecule has 7 heteroatoms. The Morgan fingerprint density at radius 3 is 2.59 bits per heavy atom. The number of aromatic nitrogens is 1. The average molecular weight is 482 g/mol. The quantitative estimate of drug-likeness (QED) is 0.249. The van der Waals surface area contributed by atoms with Crippen molar-refractivity contribution >= 4 is 29.9 Å². The second kappa shape index (κ2) is 11.6. The minimum Gasteiger partial charge on any atom is -0.492 e. The number of nitrogens with zero attached hydrogens (tertiary/aromatic N) is 2. The monoisotopic (exact) mass is 482 g/mol. The van der Waals surface area contributed by atoms with Gasteiger partial charge in [-0.1, -0.05) is 24.3 Å². The van der Waals surface area contributed by atoms with Crippen LogP contribution in [-0.2, 0) is 6.54 Å². The molecule has 0 atom stereocenters. The van der Waals surface area contributed by atoms with Crippen molar-refractivity contribution in [2.45, 2.75) is 19.4 Å². The topological polar surface area (TPSA) is 67.8 Å². The molecule has 146 valence electrons. The largest absolute Gasteiger partial charge is 0.492 e. The predicted molar refractivity (Wildman–Crippen MR) is 118 cm³/mol.